The molecule has 152 valence electrons. The Morgan fingerprint density at radius 1 is 0.621 bits per heavy atom. The van der Waals surface area contributed by atoms with Crippen molar-refractivity contribution in [3.63, 3.8) is 0 Å². The number of para-hydroxylation sites is 2. The Hall–Kier alpha value is -2.76. The van der Waals surface area contributed by atoms with Crippen molar-refractivity contribution in [3.8, 4) is 23.0 Å². The third kappa shape index (κ3) is 6.38. The number of rotatable bonds is 9. The Morgan fingerprint density at radius 2 is 1.03 bits per heavy atom. The average Bonchev–Trinajstić information content (AvgIpc) is 2.69. The predicted molar refractivity (Wildman–Crippen MR) is 106 cm³/mol. The fourth-order valence-corrected chi connectivity index (χ4v) is 3.86. The first-order valence-corrected chi connectivity index (χ1v) is 11.3. The Labute approximate surface area is 167 Å². The molecule has 0 bridgehead atoms. The van der Waals surface area contributed by atoms with E-state index in [4.69, 9.17) is 18.1 Å². The van der Waals surface area contributed by atoms with E-state index in [1.165, 1.54) is 24.3 Å². The van der Waals surface area contributed by atoms with Gasteiger partial charge in [-0.3, -0.25) is 9.42 Å². The molecule has 1 atom stereocenters. The van der Waals surface area contributed by atoms with Crippen molar-refractivity contribution in [3.05, 3.63) is 84.9 Å². The van der Waals surface area contributed by atoms with Crippen molar-refractivity contribution in [2.45, 2.75) is 0 Å². The highest BCUT2D eigenvalue weighted by atomic mass is 31.2. The van der Waals surface area contributed by atoms with Gasteiger partial charge in [-0.05, 0) is 36.4 Å². The normalized spacial score (nSPS) is 13.2. The van der Waals surface area contributed by atoms with Crippen LogP contribution < -0.4 is 18.1 Å². The SMILES string of the molecule is COP(=O)(O)Oc1cccc(OP(=O)(Oc2ccccc2)Oc2ccccc2)c1. The maximum atomic E-state index is 13.3. The van der Waals surface area contributed by atoms with Crippen molar-refractivity contribution in [1.82, 2.24) is 0 Å². The smallest absolute Gasteiger partial charge is 0.404 e. The maximum absolute atomic E-state index is 13.3. The number of benzene rings is 3. The Morgan fingerprint density at radius 3 is 1.52 bits per heavy atom. The van der Waals surface area contributed by atoms with E-state index < -0.39 is 15.6 Å². The second-order valence-electron chi connectivity index (χ2n) is 5.56. The summed E-state index contributed by atoms with van der Waals surface area (Å²) in [6.07, 6.45) is 0. The van der Waals surface area contributed by atoms with Crippen LogP contribution in [0.5, 0.6) is 23.0 Å². The van der Waals surface area contributed by atoms with Gasteiger partial charge in [-0.2, -0.15) is 4.57 Å². The summed E-state index contributed by atoms with van der Waals surface area (Å²) in [6.45, 7) is 0. The lowest BCUT2D eigenvalue weighted by Crippen LogP contribution is -2.07. The number of hydrogen-bond acceptors (Lipinski definition) is 7. The molecule has 10 heteroatoms. The summed E-state index contributed by atoms with van der Waals surface area (Å²) in [5.41, 5.74) is 0. The quantitative estimate of drug-likeness (QED) is 0.442. The topological polar surface area (TPSA) is 101 Å². The lowest BCUT2D eigenvalue weighted by molar-refractivity contribution is 0.242. The molecule has 3 aromatic rings. The van der Waals surface area contributed by atoms with Gasteiger partial charge < -0.3 is 18.1 Å². The lowest BCUT2D eigenvalue weighted by atomic mass is 10.3. The molecule has 0 aliphatic carbocycles. The fourth-order valence-electron chi connectivity index (χ4n) is 2.16. The van der Waals surface area contributed by atoms with Crippen molar-refractivity contribution in [2.75, 3.05) is 7.11 Å². The summed E-state index contributed by atoms with van der Waals surface area (Å²) in [6, 6.07) is 22.4. The monoisotopic (exact) mass is 436 g/mol. The molecule has 0 amide bonds. The molecule has 3 rings (SSSR count). The first kappa shape index (κ1) is 21.0. The van der Waals surface area contributed by atoms with E-state index in [0.29, 0.717) is 0 Å². The molecule has 0 spiro atoms. The van der Waals surface area contributed by atoms with Gasteiger partial charge in [-0.15, -0.1) is 0 Å². The third-order valence-electron chi connectivity index (χ3n) is 3.40. The molecule has 0 radical (unpaired) electrons. The average molecular weight is 436 g/mol. The van der Waals surface area contributed by atoms with E-state index in [1.807, 2.05) is 0 Å². The molecule has 1 unspecified atom stereocenters. The number of phosphoric acid groups is 2. The third-order valence-corrected chi connectivity index (χ3v) is 5.60. The first-order chi connectivity index (χ1) is 13.9. The summed E-state index contributed by atoms with van der Waals surface area (Å²) in [5, 5.41) is 0. The van der Waals surface area contributed by atoms with Gasteiger partial charge in [0, 0.05) is 13.2 Å². The highest BCUT2D eigenvalue weighted by Gasteiger charge is 2.33. The Balaban J connectivity index is 1.87. The molecule has 0 saturated heterocycles. The molecule has 29 heavy (non-hydrogen) atoms. The number of phosphoric ester groups is 2. The van der Waals surface area contributed by atoms with Crippen molar-refractivity contribution < 1.29 is 36.6 Å². The molecule has 1 N–H and O–H groups in total. The summed E-state index contributed by atoms with van der Waals surface area (Å²) in [5.74, 6) is 0.562. The first-order valence-electron chi connectivity index (χ1n) is 8.35. The molecule has 0 aliphatic rings. The molecule has 0 heterocycles. The molecule has 8 nitrogen and oxygen atoms in total. The van der Waals surface area contributed by atoms with Crippen LogP contribution >= 0.6 is 15.6 Å². The summed E-state index contributed by atoms with van der Waals surface area (Å²) in [7, 11) is -7.41. The van der Waals surface area contributed by atoms with Crippen LogP contribution in [0.3, 0.4) is 0 Å². The Kier molecular flexibility index (Phi) is 6.62. The van der Waals surface area contributed by atoms with Gasteiger partial charge >= 0.3 is 15.6 Å². The second kappa shape index (κ2) is 9.16. The van der Waals surface area contributed by atoms with Crippen LogP contribution in [0.15, 0.2) is 84.9 Å². The van der Waals surface area contributed by atoms with Crippen molar-refractivity contribution >= 4 is 15.6 Å². The summed E-state index contributed by atoms with van der Waals surface area (Å²) in [4.78, 5) is 9.46. The summed E-state index contributed by atoms with van der Waals surface area (Å²) >= 11 is 0. The van der Waals surface area contributed by atoms with Gasteiger partial charge in [-0.1, -0.05) is 42.5 Å². The van der Waals surface area contributed by atoms with E-state index >= 15 is 0 Å². The van der Waals surface area contributed by atoms with Gasteiger partial charge in [0.15, 0.2) is 0 Å². The van der Waals surface area contributed by atoms with Crippen LogP contribution in [-0.4, -0.2) is 12.0 Å². The standard InChI is InChI=1S/C19H18O8P2/c1-23-28(20,21)24-18-13-8-14-19(15-18)27-29(22,25-16-9-4-2-5-10-16)26-17-11-6-3-7-12-17/h2-15H,1H3,(H,20,21). The maximum Gasteiger partial charge on any atom is 0.647 e. The van der Waals surface area contributed by atoms with Gasteiger partial charge in [-0.25, -0.2) is 4.57 Å². The van der Waals surface area contributed by atoms with Gasteiger partial charge in [0.05, 0.1) is 0 Å². The van der Waals surface area contributed by atoms with Crippen LogP contribution in [0.4, 0.5) is 0 Å². The predicted octanol–water partition coefficient (Wildman–Crippen LogP) is 5.46. The van der Waals surface area contributed by atoms with Crippen LogP contribution in [0.2, 0.25) is 0 Å². The fraction of sp³-hybridized carbons (Fsp3) is 0.0526. The zero-order chi connectivity index (χ0) is 20.7. The molecule has 0 aliphatic heterocycles. The van der Waals surface area contributed by atoms with E-state index in [9.17, 15) is 14.0 Å². The highest BCUT2D eigenvalue weighted by Crippen LogP contribution is 2.50. The summed E-state index contributed by atoms with van der Waals surface area (Å²) < 4.78 is 50.7. The number of hydrogen-bond donors (Lipinski definition) is 1. The van der Waals surface area contributed by atoms with E-state index in [1.54, 1.807) is 60.7 Å². The lowest BCUT2D eigenvalue weighted by Gasteiger charge is -2.19. The minimum Gasteiger partial charge on any atom is -0.404 e. The van der Waals surface area contributed by atoms with Crippen LogP contribution in [0.25, 0.3) is 0 Å². The minimum absolute atomic E-state index is 0.0267. The van der Waals surface area contributed by atoms with Crippen molar-refractivity contribution in [1.29, 1.82) is 0 Å². The molecular formula is C19H18O8P2. The second-order valence-corrected chi connectivity index (χ2v) is 8.49. The molecular weight excluding hydrogens is 418 g/mol. The minimum atomic E-state index is -4.26. The molecule has 3 aromatic carbocycles. The molecule has 0 saturated carbocycles. The van der Waals surface area contributed by atoms with Crippen LogP contribution in [-0.2, 0) is 13.7 Å². The van der Waals surface area contributed by atoms with Gasteiger partial charge in [0.2, 0.25) is 0 Å². The van der Waals surface area contributed by atoms with E-state index in [0.717, 1.165) is 7.11 Å². The van der Waals surface area contributed by atoms with Crippen LogP contribution in [0.1, 0.15) is 0 Å². The molecule has 0 fully saturated rings. The van der Waals surface area contributed by atoms with Gasteiger partial charge in [0.1, 0.15) is 23.0 Å². The molecule has 0 aromatic heterocycles. The van der Waals surface area contributed by atoms with E-state index in [2.05, 4.69) is 4.52 Å². The zero-order valence-corrected chi connectivity index (χ0v) is 17.1. The van der Waals surface area contributed by atoms with Crippen molar-refractivity contribution in [2.24, 2.45) is 0 Å². The zero-order valence-electron chi connectivity index (χ0n) is 15.3. The van der Waals surface area contributed by atoms with Gasteiger partial charge in [0.25, 0.3) is 0 Å². The van der Waals surface area contributed by atoms with Crippen LogP contribution in [0, 0.1) is 0 Å². The Bertz CT molecular complexity index is 981. The largest absolute Gasteiger partial charge is 0.647 e. The van der Waals surface area contributed by atoms with E-state index in [-0.39, 0.29) is 23.0 Å². The highest BCUT2D eigenvalue weighted by molar-refractivity contribution is 7.49.